The summed E-state index contributed by atoms with van der Waals surface area (Å²) in [5, 5.41) is 9.84. The number of hydrogen-bond donors (Lipinski definition) is 1. The molecule has 0 amide bonds. The van der Waals surface area contributed by atoms with Crippen LogP contribution >= 0.6 is 0 Å². The summed E-state index contributed by atoms with van der Waals surface area (Å²) < 4.78 is 11.0. The molecule has 2 atom stereocenters. The lowest BCUT2D eigenvalue weighted by Gasteiger charge is -2.39. The monoisotopic (exact) mass is 384 g/mol. The summed E-state index contributed by atoms with van der Waals surface area (Å²) in [4.78, 5) is 18.7. The maximum Gasteiger partial charge on any atom is 0.320 e. The molecule has 0 bridgehead atoms. The number of methoxy groups -OCH3 is 2. The van der Waals surface area contributed by atoms with Crippen molar-refractivity contribution < 1.29 is 19.4 Å². The highest BCUT2D eigenvalue weighted by atomic mass is 16.5. The maximum absolute atomic E-state index is 12.0. The molecular formula is C22H28N2O4. The van der Waals surface area contributed by atoms with Gasteiger partial charge in [0.15, 0.2) is 0 Å². The zero-order valence-corrected chi connectivity index (χ0v) is 16.7. The van der Waals surface area contributed by atoms with Crippen LogP contribution in [-0.2, 0) is 11.2 Å². The van der Waals surface area contributed by atoms with Gasteiger partial charge in [-0.1, -0.05) is 19.4 Å². The van der Waals surface area contributed by atoms with Crippen LogP contribution in [0.3, 0.4) is 0 Å². The van der Waals surface area contributed by atoms with Crippen molar-refractivity contribution in [3.63, 3.8) is 0 Å². The number of benzene rings is 1. The Bertz CT molecular complexity index is 807. The van der Waals surface area contributed by atoms with Crippen LogP contribution in [0.25, 0.3) is 0 Å². The molecule has 0 spiro atoms. The standard InChI is InChI=1S/C22H28N2O4/c1-4-15-8-10-18(23-14-15)21(24-12-6-5-7-19(24)22(25)26)17-13-16(27-2)9-11-20(17)28-3/h8-11,13-14,19,21H,4-7,12H2,1-3H3,(H,25,26). The number of hydrogen-bond acceptors (Lipinski definition) is 5. The second-order valence-corrected chi connectivity index (χ2v) is 7.04. The predicted molar refractivity (Wildman–Crippen MR) is 107 cm³/mol. The third-order valence-electron chi connectivity index (χ3n) is 5.43. The Labute approximate surface area is 166 Å². The van der Waals surface area contributed by atoms with Crippen molar-refractivity contribution in [2.24, 2.45) is 0 Å². The average molecular weight is 384 g/mol. The van der Waals surface area contributed by atoms with Gasteiger partial charge in [0.25, 0.3) is 0 Å². The average Bonchev–Trinajstić information content (AvgIpc) is 2.74. The van der Waals surface area contributed by atoms with Crippen molar-refractivity contribution in [2.45, 2.75) is 44.7 Å². The quantitative estimate of drug-likeness (QED) is 0.785. The van der Waals surface area contributed by atoms with Crippen molar-refractivity contribution in [3.05, 3.63) is 53.3 Å². The number of carbonyl (C=O) groups is 1. The van der Waals surface area contributed by atoms with E-state index in [0.29, 0.717) is 24.5 Å². The van der Waals surface area contributed by atoms with E-state index in [1.54, 1.807) is 14.2 Å². The van der Waals surface area contributed by atoms with Gasteiger partial charge in [-0.05, 0) is 55.6 Å². The van der Waals surface area contributed by atoms with Gasteiger partial charge in [-0.3, -0.25) is 14.7 Å². The van der Waals surface area contributed by atoms with Crippen LogP contribution < -0.4 is 9.47 Å². The first-order valence-electron chi connectivity index (χ1n) is 9.74. The highest BCUT2D eigenvalue weighted by Gasteiger charge is 2.37. The van der Waals surface area contributed by atoms with Crippen LogP contribution in [0.2, 0.25) is 0 Å². The summed E-state index contributed by atoms with van der Waals surface area (Å²) in [5.41, 5.74) is 2.83. The summed E-state index contributed by atoms with van der Waals surface area (Å²) in [7, 11) is 3.25. The van der Waals surface area contributed by atoms with Gasteiger partial charge < -0.3 is 14.6 Å². The molecule has 2 heterocycles. The van der Waals surface area contributed by atoms with E-state index in [4.69, 9.17) is 14.5 Å². The van der Waals surface area contributed by atoms with Gasteiger partial charge in [-0.2, -0.15) is 0 Å². The van der Waals surface area contributed by atoms with Crippen LogP contribution in [-0.4, -0.2) is 47.8 Å². The zero-order chi connectivity index (χ0) is 20.1. The predicted octanol–water partition coefficient (Wildman–Crippen LogP) is 3.69. The fourth-order valence-electron chi connectivity index (χ4n) is 3.90. The molecule has 1 aliphatic rings. The number of likely N-dealkylation sites (tertiary alicyclic amines) is 1. The summed E-state index contributed by atoms with van der Waals surface area (Å²) >= 11 is 0. The molecule has 0 aliphatic carbocycles. The number of aromatic nitrogens is 1. The number of carboxylic acids is 1. The molecule has 3 rings (SSSR count). The number of ether oxygens (including phenoxy) is 2. The first-order chi connectivity index (χ1) is 13.6. The van der Waals surface area contributed by atoms with E-state index in [2.05, 4.69) is 13.0 Å². The van der Waals surface area contributed by atoms with E-state index >= 15 is 0 Å². The molecule has 2 unspecified atom stereocenters. The van der Waals surface area contributed by atoms with Crippen molar-refractivity contribution in [3.8, 4) is 11.5 Å². The van der Waals surface area contributed by atoms with Crippen molar-refractivity contribution in [1.29, 1.82) is 0 Å². The van der Waals surface area contributed by atoms with Crippen LogP contribution in [0, 0.1) is 0 Å². The Hall–Kier alpha value is -2.60. The molecule has 1 aliphatic heterocycles. The Morgan fingerprint density at radius 2 is 2.07 bits per heavy atom. The summed E-state index contributed by atoms with van der Waals surface area (Å²) in [6, 6.07) is 8.81. The molecule has 28 heavy (non-hydrogen) atoms. The highest BCUT2D eigenvalue weighted by molar-refractivity contribution is 5.73. The van der Waals surface area contributed by atoms with E-state index in [1.165, 1.54) is 0 Å². The summed E-state index contributed by atoms with van der Waals surface area (Å²) in [6.07, 6.45) is 5.28. The minimum atomic E-state index is -0.795. The maximum atomic E-state index is 12.0. The van der Waals surface area contributed by atoms with Gasteiger partial charge in [-0.15, -0.1) is 0 Å². The van der Waals surface area contributed by atoms with E-state index in [0.717, 1.165) is 36.1 Å². The fourth-order valence-corrected chi connectivity index (χ4v) is 3.90. The van der Waals surface area contributed by atoms with E-state index in [1.807, 2.05) is 35.4 Å². The van der Waals surface area contributed by atoms with Gasteiger partial charge in [0.05, 0.1) is 26.0 Å². The van der Waals surface area contributed by atoms with E-state index < -0.39 is 12.0 Å². The second-order valence-electron chi connectivity index (χ2n) is 7.04. The number of carboxylic acid groups (broad SMARTS) is 1. The molecule has 1 aromatic heterocycles. The van der Waals surface area contributed by atoms with E-state index in [9.17, 15) is 9.90 Å². The Morgan fingerprint density at radius 3 is 2.68 bits per heavy atom. The van der Waals surface area contributed by atoms with Gasteiger partial charge in [0, 0.05) is 11.8 Å². The summed E-state index contributed by atoms with van der Waals surface area (Å²) in [5.74, 6) is 0.605. The molecule has 150 valence electrons. The second kappa shape index (κ2) is 9.06. The highest BCUT2D eigenvalue weighted by Crippen LogP contribution is 2.39. The number of aliphatic carboxylic acids is 1. The fraction of sp³-hybridized carbons (Fsp3) is 0.455. The van der Waals surface area contributed by atoms with Crippen LogP contribution in [0.4, 0.5) is 0 Å². The molecule has 6 nitrogen and oxygen atoms in total. The Balaban J connectivity index is 2.15. The topological polar surface area (TPSA) is 71.9 Å². The first kappa shape index (κ1) is 20.1. The number of aryl methyl sites for hydroxylation is 1. The van der Waals surface area contributed by atoms with Crippen LogP contribution in [0.5, 0.6) is 11.5 Å². The van der Waals surface area contributed by atoms with E-state index in [-0.39, 0.29) is 6.04 Å². The molecule has 6 heteroatoms. The molecule has 1 aromatic carbocycles. The molecule has 2 aromatic rings. The SMILES string of the molecule is CCc1ccc(C(c2cc(OC)ccc2OC)N2CCCCC2C(=O)O)nc1. The van der Waals surface area contributed by atoms with Gasteiger partial charge in [-0.25, -0.2) is 0 Å². The van der Waals surface area contributed by atoms with Crippen LogP contribution in [0.1, 0.15) is 49.0 Å². The van der Waals surface area contributed by atoms with Crippen LogP contribution in [0.15, 0.2) is 36.5 Å². The molecule has 0 radical (unpaired) electrons. The number of piperidine rings is 1. The first-order valence-corrected chi connectivity index (χ1v) is 9.74. The normalized spacial score (nSPS) is 18.5. The number of nitrogens with zero attached hydrogens (tertiary/aromatic N) is 2. The molecule has 1 saturated heterocycles. The third kappa shape index (κ3) is 4.12. The molecule has 1 N–H and O–H groups in total. The number of rotatable bonds is 7. The minimum absolute atomic E-state index is 0.322. The lowest BCUT2D eigenvalue weighted by atomic mass is 9.93. The summed E-state index contributed by atoms with van der Waals surface area (Å²) in [6.45, 7) is 2.78. The number of pyridine rings is 1. The lowest BCUT2D eigenvalue weighted by Crippen LogP contribution is -2.47. The minimum Gasteiger partial charge on any atom is -0.497 e. The Kier molecular flexibility index (Phi) is 6.52. The van der Waals surface area contributed by atoms with Crippen molar-refractivity contribution in [1.82, 2.24) is 9.88 Å². The molecular weight excluding hydrogens is 356 g/mol. The van der Waals surface area contributed by atoms with Crippen molar-refractivity contribution >= 4 is 5.97 Å². The largest absolute Gasteiger partial charge is 0.497 e. The zero-order valence-electron chi connectivity index (χ0n) is 16.7. The Morgan fingerprint density at radius 1 is 1.25 bits per heavy atom. The van der Waals surface area contributed by atoms with Gasteiger partial charge in [0.2, 0.25) is 0 Å². The van der Waals surface area contributed by atoms with Gasteiger partial charge in [0.1, 0.15) is 17.5 Å². The molecule has 1 fully saturated rings. The molecule has 0 saturated carbocycles. The smallest absolute Gasteiger partial charge is 0.320 e. The van der Waals surface area contributed by atoms with Crippen molar-refractivity contribution in [2.75, 3.05) is 20.8 Å². The third-order valence-corrected chi connectivity index (χ3v) is 5.43. The lowest BCUT2D eigenvalue weighted by molar-refractivity contribution is -0.145. The van der Waals surface area contributed by atoms with Gasteiger partial charge >= 0.3 is 5.97 Å².